The highest BCUT2D eigenvalue weighted by Crippen LogP contribution is 2.13. The lowest BCUT2D eigenvalue weighted by Gasteiger charge is -2.12. The van der Waals surface area contributed by atoms with Crippen molar-refractivity contribution in [3.63, 3.8) is 0 Å². The summed E-state index contributed by atoms with van der Waals surface area (Å²) in [5.74, 6) is 0.699. The monoisotopic (exact) mass is 223 g/mol. The van der Waals surface area contributed by atoms with Crippen LogP contribution >= 0.6 is 0 Å². The van der Waals surface area contributed by atoms with Crippen LogP contribution in [0.2, 0.25) is 0 Å². The van der Waals surface area contributed by atoms with E-state index in [1.807, 2.05) is 7.05 Å². The summed E-state index contributed by atoms with van der Waals surface area (Å²) < 4.78 is 2.08. The predicted octanol–water partition coefficient (Wildman–Crippen LogP) is 2.64. The van der Waals surface area contributed by atoms with Crippen LogP contribution in [0.4, 0.5) is 0 Å². The van der Waals surface area contributed by atoms with Gasteiger partial charge in [-0.3, -0.25) is 4.68 Å². The predicted molar refractivity (Wildman–Crippen MR) is 68.6 cm³/mol. The Hall–Kier alpha value is -0.830. The fourth-order valence-electron chi connectivity index (χ4n) is 1.86. The first-order valence-corrected chi connectivity index (χ1v) is 6.39. The summed E-state index contributed by atoms with van der Waals surface area (Å²) in [4.78, 5) is 0. The average Bonchev–Trinajstić information content (AvgIpc) is 2.76. The highest BCUT2D eigenvalue weighted by Gasteiger charge is 2.10. The van der Waals surface area contributed by atoms with Gasteiger partial charge in [0.15, 0.2) is 0 Å². The molecule has 0 aliphatic carbocycles. The molecular weight excluding hydrogens is 198 g/mol. The largest absolute Gasteiger partial charge is 0.319 e. The van der Waals surface area contributed by atoms with Crippen molar-refractivity contribution >= 4 is 0 Å². The van der Waals surface area contributed by atoms with Crippen LogP contribution in [-0.2, 0) is 6.42 Å². The Labute approximate surface area is 99.2 Å². The van der Waals surface area contributed by atoms with Crippen LogP contribution in [0.1, 0.15) is 45.3 Å². The van der Waals surface area contributed by atoms with E-state index in [4.69, 9.17) is 0 Å². The van der Waals surface area contributed by atoms with Crippen molar-refractivity contribution in [3.05, 3.63) is 18.0 Å². The van der Waals surface area contributed by atoms with E-state index < -0.39 is 0 Å². The van der Waals surface area contributed by atoms with E-state index in [1.165, 1.54) is 12.1 Å². The number of hydrogen-bond donors (Lipinski definition) is 1. The van der Waals surface area contributed by atoms with Crippen LogP contribution in [0.5, 0.6) is 0 Å². The van der Waals surface area contributed by atoms with Gasteiger partial charge in [0.2, 0.25) is 0 Å². The van der Waals surface area contributed by atoms with E-state index in [-0.39, 0.29) is 0 Å². The van der Waals surface area contributed by atoms with Gasteiger partial charge >= 0.3 is 0 Å². The third kappa shape index (κ3) is 3.63. The van der Waals surface area contributed by atoms with Crippen molar-refractivity contribution in [1.82, 2.24) is 15.1 Å². The lowest BCUT2D eigenvalue weighted by Crippen LogP contribution is -2.20. The highest BCUT2D eigenvalue weighted by atomic mass is 15.3. The van der Waals surface area contributed by atoms with Crippen LogP contribution in [0, 0.1) is 5.92 Å². The summed E-state index contributed by atoms with van der Waals surface area (Å²) in [5.41, 5.74) is 1.22. The number of rotatable bonds is 7. The SMILES string of the molecule is CCC(CNC)Cc1ccn(C(C)CC)n1. The molecular formula is C13H25N3. The molecule has 16 heavy (non-hydrogen) atoms. The molecule has 1 rings (SSSR count). The minimum absolute atomic E-state index is 0.512. The number of hydrogen-bond acceptors (Lipinski definition) is 2. The molecule has 0 fully saturated rings. The molecule has 2 atom stereocenters. The zero-order chi connectivity index (χ0) is 12.0. The zero-order valence-electron chi connectivity index (χ0n) is 11.0. The van der Waals surface area contributed by atoms with Crippen LogP contribution in [-0.4, -0.2) is 23.4 Å². The van der Waals surface area contributed by atoms with Crippen LogP contribution < -0.4 is 5.32 Å². The highest BCUT2D eigenvalue weighted by molar-refractivity contribution is 5.01. The van der Waals surface area contributed by atoms with E-state index >= 15 is 0 Å². The number of aromatic nitrogens is 2. The third-order valence-corrected chi connectivity index (χ3v) is 3.27. The summed E-state index contributed by atoms with van der Waals surface area (Å²) >= 11 is 0. The second-order valence-corrected chi connectivity index (χ2v) is 4.58. The first-order chi connectivity index (χ1) is 7.71. The smallest absolute Gasteiger partial charge is 0.0627 e. The molecule has 0 radical (unpaired) electrons. The number of nitrogens with one attached hydrogen (secondary N) is 1. The Bertz CT molecular complexity index is 293. The summed E-state index contributed by atoms with van der Waals surface area (Å²) in [6, 6.07) is 2.67. The van der Waals surface area contributed by atoms with Crippen LogP contribution in [0.3, 0.4) is 0 Å². The molecule has 0 bridgehead atoms. The van der Waals surface area contributed by atoms with Gasteiger partial charge in [-0.15, -0.1) is 0 Å². The van der Waals surface area contributed by atoms with Crippen molar-refractivity contribution in [2.45, 2.75) is 46.1 Å². The maximum absolute atomic E-state index is 4.64. The molecule has 1 aromatic rings. The van der Waals surface area contributed by atoms with Gasteiger partial charge in [0.25, 0.3) is 0 Å². The molecule has 0 spiro atoms. The van der Waals surface area contributed by atoms with E-state index in [2.05, 4.69) is 48.1 Å². The Kier molecular flexibility index (Phi) is 5.53. The minimum atomic E-state index is 0.512. The first kappa shape index (κ1) is 13.2. The Balaban J connectivity index is 2.56. The van der Waals surface area contributed by atoms with Gasteiger partial charge < -0.3 is 5.32 Å². The van der Waals surface area contributed by atoms with Gasteiger partial charge in [0, 0.05) is 12.2 Å². The topological polar surface area (TPSA) is 29.9 Å². The van der Waals surface area contributed by atoms with Crippen molar-refractivity contribution in [2.75, 3.05) is 13.6 Å². The summed E-state index contributed by atoms with van der Waals surface area (Å²) in [7, 11) is 2.01. The Morgan fingerprint density at radius 2 is 2.12 bits per heavy atom. The van der Waals surface area contributed by atoms with Crippen LogP contribution in [0.15, 0.2) is 12.3 Å². The van der Waals surface area contributed by atoms with E-state index in [9.17, 15) is 0 Å². The fraction of sp³-hybridized carbons (Fsp3) is 0.769. The molecule has 2 unspecified atom stereocenters. The van der Waals surface area contributed by atoms with Crippen molar-refractivity contribution < 1.29 is 0 Å². The molecule has 0 saturated carbocycles. The summed E-state index contributed by atoms with van der Waals surface area (Å²) in [6.07, 6.45) is 5.53. The van der Waals surface area contributed by atoms with Gasteiger partial charge in [-0.25, -0.2) is 0 Å². The van der Waals surface area contributed by atoms with Gasteiger partial charge in [0.1, 0.15) is 0 Å². The second kappa shape index (κ2) is 6.69. The standard InChI is InChI=1S/C13H25N3/c1-5-11(3)16-8-7-13(15-16)9-12(6-2)10-14-4/h7-8,11-12,14H,5-6,9-10H2,1-4H3. The quantitative estimate of drug-likeness (QED) is 0.770. The van der Waals surface area contributed by atoms with Gasteiger partial charge in [-0.05, 0) is 45.3 Å². The van der Waals surface area contributed by atoms with Crippen LogP contribution in [0.25, 0.3) is 0 Å². The maximum atomic E-state index is 4.64. The molecule has 0 aromatic carbocycles. The van der Waals surface area contributed by atoms with Crippen molar-refractivity contribution in [3.8, 4) is 0 Å². The first-order valence-electron chi connectivity index (χ1n) is 6.39. The molecule has 0 saturated heterocycles. The average molecular weight is 223 g/mol. The number of nitrogens with zero attached hydrogens (tertiary/aromatic N) is 2. The van der Waals surface area contributed by atoms with E-state index in [1.54, 1.807) is 0 Å². The van der Waals surface area contributed by atoms with Gasteiger partial charge in [0.05, 0.1) is 5.69 Å². The Morgan fingerprint density at radius 3 is 2.69 bits per heavy atom. The molecule has 1 N–H and O–H groups in total. The van der Waals surface area contributed by atoms with E-state index in [0.29, 0.717) is 12.0 Å². The van der Waals surface area contributed by atoms with E-state index in [0.717, 1.165) is 19.4 Å². The maximum Gasteiger partial charge on any atom is 0.0627 e. The third-order valence-electron chi connectivity index (χ3n) is 3.27. The fourth-order valence-corrected chi connectivity index (χ4v) is 1.86. The lowest BCUT2D eigenvalue weighted by atomic mass is 10.0. The van der Waals surface area contributed by atoms with Gasteiger partial charge in [-0.2, -0.15) is 5.10 Å². The second-order valence-electron chi connectivity index (χ2n) is 4.58. The molecule has 92 valence electrons. The summed E-state index contributed by atoms with van der Waals surface area (Å²) in [6.45, 7) is 7.73. The zero-order valence-corrected chi connectivity index (χ0v) is 11.0. The van der Waals surface area contributed by atoms with Crippen molar-refractivity contribution in [1.29, 1.82) is 0 Å². The van der Waals surface area contributed by atoms with Crippen molar-refractivity contribution in [2.24, 2.45) is 5.92 Å². The molecule has 0 amide bonds. The molecule has 1 aromatic heterocycles. The molecule has 0 aliphatic heterocycles. The molecule has 0 aliphatic rings. The normalized spacial score (nSPS) is 15.0. The molecule has 3 heteroatoms. The molecule has 1 heterocycles. The summed E-state index contributed by atoms with van der Waals surface area (Å²) in [5, 5.41) is 7.89. The van der Waals surface area contributed by atoms with Gasteiger partial charge in [-0.1, -0.05) is 20.3 Å². The Morgan fingerprint density at radius 1 is 1.38 bits per heavy atom. The molecule has 3 nitrogen and oxygen atoms in total. The minimum Gasteiger partial charge on any atom is -0.319 e. The lowest BCUT2D eigenvalue weighted by molar-refractivity contribution is 0.450.